The van der Waals surface area contributed by atoms with Gasteiger partial charge >= 0.3 is 0 Å². The fraction of sp³-hybridized carbons (Fsp3) is 0.429. The van der Waals surface area contributed by atoms with Crippen LogP contribution in [0.2, 0.25) is 0 Å². The lowest BCUT2D eigenvalue weighted by Gasteiger charge is -2.23. The fourth-order valence-corrected chi connectivity index (χ4v) is 3.78. The van der Waals surface area contributed by atoms with Crippen molar-refractivity contribution in [1.82, 2.24) is 5.32 Å². The van der Waals surface area contributed by atoms with E-state index in [1.807, 2.05) is 12.1 Å². The van der Waals surface area contributed by atoms with Crippen LogP contribution >= 0.6 is 15.9 Å². The highest BCUT2D eigenvalue weighted by Crippen LogP contribution is 2.34. The molecule has 0 bridgehead atoms. The van der Waals surface area contributed by atoms with Crippen LogP contribution in [0.15, 0.2) is 40.9 Å². The molecule has 0 unspecified atom stereocenters. The molecule has 2 aromatic carbocycles. The van der Waals surface area contributed by atoms with Crippen LogP contribution in [0.25, 0.3) is 0 Å². The van der Waals surface area contributed by atoms with Gasteiger partial charge in [-0.15, -0.1) is 0 Å². The van der Waals surface area contributed by atoms with Gasteiger partial charge in [-0.3, -0.25) is 0 Å². The molecule has 3 rings (SSSR count). The van der Waals surface area contributed by atoms with E-state index in [0.717, 1.165) is 16.6 Å². The molecule has 26 heavy (non-hydrogen) atoms. The number of halogens is 2. The number of methoxy groups -OCH3 is 1. The number of hydrogen-bond acceptors (Lipinski definition) is 3. The van der Waals surface area contributed by atoms with Gasteiger partial charge in [0, 0.05) is 22.6 Å². The molecule has 0 atom stereocenters. The molecule has 0 aliphatic heterocycles. The van der Waals surface area contributed by atoms with E-state index in [1.165, 1.54) is 38.2 Å². The topological polar surface area (TPSA) is 30.5 Å². The minimum absolute atomic E-state index is 0.162. The Morgan fingerprint density at radius 1 is 1.08 bits per heavy atom. The molecule has 1 aliphatic carbocycles. The normalized spacial score (nSPS) is 15.0. The lowest BCUT2D eigenvalue weighted by Crippen LogP contribution is -2.30. The first-order valence-corrected chi connectivity index (χ1v) is 9.92. The monoisotopic (exact) mass is 421 g/mol. The van der Waals surface area contributed by atoms with Crippen LogP contribution < -0.4 is 14.8 Å². The highest BCUT2D eigenvalue weighted by molar-refractivity contribution is 9.10. The Labute approximate surface area is 163 Å². The zero-order valence-corrected chi connectivity index (χ0v) is 16.6. The zero-order chi connectivity index (χ0) is 18.4. The molecule has 0 spiro atoms. The Morgan fingerprint density at radius 2 is 1.85 bits per heavy atom. The van der Waals surface area contributed by atoms with Crippen LogP contribution in [-0.4, -0.2) is 13.2 Å². The van der Waals surface area contributed by atoms with E-state index in [0.29, 0.717) is 23.1 Å². The number of nitrogens with one attached hydrogen (secondary N) is 1. The molecule has 1 fully saturated rings. The maximum atomic E-state index is 13.8. The molecule has 140 valence electrons. The second kappa shape index (κ2) is 9.38. The van der Waals surface area contributed by atoms with Crippen LogP contribution in [0.3, 0.4) is 0 Å². The maximum absolute atomic E-state index is 13.8. The molecule has 5 heteroatoms. The third kappa shape index (κ3) is 4.98. The van der Waals surface area contributed by atoms with E-state index < -0.39 is 0 Å². The lowest BCUT2D eigenvalue weighted by molar-refractivity contribution is 0.279. The summed E-state index contributed by atoms with van der Waals surface area (Å²) in [6.07, 6.45) is 6.47. The van der Waals surface area contributed by atoms with Crippen LogP contribution in [0.4, 0.5) is 4.39 Å². The number of ether oxygens (including phenoxy) is 2. The predicted molar refractivity (Wildman–Crippen MR) is 105 cm³/mol. The minimum Gasteiger partial charge on any atom is -0.493 e. The van der Waals surface area contributed by atoms with Gasteiger partial charge in [0.05, 0.1) is 7.11 Å². The van der Waals surface area contributed by atoms with Crippen molar-refractivity contribution >= 4 is 15.9 Å². The third-order valence-corrected chi connectivity index (χ3v) is 5.60. The van der Waals surface area contributed by atoms with E-state index in [-0.39, 0.29) is 12.4 Å². The number of rotatable bonds is 7. The van der Waals surface area contributed by atoms with E-state index >= 15 is 0 Å². The molecular formula is C21H25BrFNO2. The summed E-state index contributed by atoms with van der Waals surface area (Å²) >= 11 is 3.63. The standard InChI is InChI=1S/C21H25BrFNO2/c1-25-20-11-16(13-24-17-8-3-2-4-9-17)18(22)12-21(20)26-14-15-7-5-6-10-19(15)23/h5-7,10-12,17,24H,2-4,8-9,13-14H2,1H3. The van der Waals surface area contributed by atoms with E-state index in [4.69, 9.17) is 9.47 Å². The van der Waals surface area contributed by atoms with Gasteiger partial charge in [0.25, 0.3) is 0 Å². The van der Waals surface area contributed by atoms with Crippen molar-refractivity contribution in [2.75, 3.05) is 7.11 Å². The van der Waals surface area contributed by atoms with Crippen LogP contribution in [0.1, 0.15) is 43.2 Å². The second-order valence-electron chi connectivity index (χ2n) is 6.69. The van der Waals surface area contributed by atoms with Gasteiger partial charge in [-0.2, -0.15) is 0 Å². The molecule has 3 nitrogen and oxygen atoms in total. The average molecular weight is 422 g/mol. The zero-order valence-electron chi connectivity index (χ0n) is 15.1. The lowest BCUT2D eigenvalue weighted by atomic mass is 9.95. The Balaban J connectivity index is 1.67. The SMILES string of the molecule is COc1cc(CNC2CCCCC2)c(Br)cc1OCc1ccccc1F. The predicted octanol–water partition coefficient (Wildman–Crippen LogP) is 5.60. The average Bonchev–Trinajstić information content (AvgIpc) is 2.67. The molecule has 1 N–H and O–H groups in total. The van der Waals surface area contributed by atoms with Crippen molar-refractivity contribution in [1.29, 1.82) is 0 Å². The largest absolute Gasteiger partial charge is 0.493 e. The quantitative estimate of drug-likeness (QED) is 0.630. The summed E-state index contributed by atoms with van der Waals surface area (Å²) in [6, 6.07) is 11.1. The Kier molecular flexibility index (Phi) is 6.92. The van der Waals surface area contributed by atoms with Crippen molar-refractivity contribution in [3.63, 3.8) is 0 Å². The summed E-state index contributed by atoms with van der Waals surface area (Å²) in [7, 11) is 1.62. The van der Waals surface area contributed by atoms with Crippen molar-refractivity contribution in [3.8, 4) is 11.5 Å². The van der Waals surface area contributed by atoms with Gasteiger partial charge in [-0.05, 0) is 36.6 Å². The summed E-state index contributed by atoms with van der Waals surface area (Å²) in [5.41, 5.74) is 1.65. The Hall–Kier alpha value is -1.59. The molecule has 1 saturated carbocycles. The highest BCUT2D eigenvalue weighted by atomic mass is 79.9. The molecule has 0 amide bonds. The van der Waals surface area contributed by atoms with Gasteiger partial charge in [0.2, 0.25) is 0 Å². The summed E-state index contributed by atoms with van der Waals surface area (Å²) in [5.74, 6) is 0.993. The molecular weight excluding hydrogens is 397 g/mol. The summed E-state index contributed by atoms with van der Waals surface area (Å²) in [4.78, 5) is 0. The minimum atomic E-state index is -0.265. The number of hydrogen-bond donors (Lipinski definition) is 1. The fourth-order valence-electron chi connectivity index (χ4n) is 3.32. The molecule has 2 aromatic rings. The molecule has 0 radical (unpaired) electrons. The van der Waals surface area contributed by atoms with Crippen molar-refractivity contribution in [3.05, 3.63) is 57.8 Å². The van der Waals surface area contributed by atoms with Gasteiger partial charge < -0.3 is 14.8 Å². The van der Waals surface area contributed by atoms with E-state index in [1.54, 1.807) is 25.3 Å². The van der Waals surface area contributed by atoms with Crippen molar-refractivity contribution in [2.24, 2.45) is 0 Å². The van der Waals surface area contributed by atoms with Gasteiger partial charge in [-0.25, -0.2) is 4.39 Å². The summed E-state index contributed by atoms with van der Waals surface area (Å²) in [5, 5.41) is 3.64. The molecule has 0 aromatic heterocycles. The third-order valence-electron chi connectivity index (χ3n) is 4.86. The van der Waals surface area contributed by atoms with Crippen LogP contribution in [-0.2, 0) is 13.2 Å². The summed E-state index contributed by atoms with van der Waals surface area (Å²) < 4.78 is 26.0. The molecule has 0 saturated heterocycles. The van der Waals surface area contributed by atoms with Crippen LogP contribution in [0, 0.1) is 5.82 Å². The van der Waals surface area contributed by atoms with Crippen LogP contribution in [0.5, 0.6) is 11.5 Å². The second-order valence-corrected chi connectivity index (χ2v) is 7.54. The smallest absolute Gasteiger partial charge is 0.162 e. The summed E-state index contributed by atoms with van der Waals surface area (Å²) in [6.45, 7) is 0.949. The van der Waals surface area contributed by atoms with E-state index in [9.17, 15) is 4.39 Å². The van der Waals surface area contributed by atoms with Gasteiger partial charge in [-0.1, -0.05) is 53.4 Å². The first-order valence-electron chi connectivity index (χ1n) is 9.13. The first-order chi connectivity index (χ1) is 12.7. The maximum Gasteiger partial charge on any atom is 0.162 e. The highest BCUT2D eigenvalue weighted by Gasteiger charge is 2.15. The Morgan fingerprint density at radius 3 is 2.58 bits per heavy atom. The number of benzene rings is 2. The molecule has 1 aliphatic rings. The van der Waals surface area contributed by atoms with Gasteiger partial charge in [0.1, 0.15) is 12.4 Å². The van der Waals surface area contributed by atoms with Gasteiger partial charge in [0.15, 0.2) is 11.5 Å². The van der Waals surface area contributed by atoms with Crippen molar-refractivity contribution in [2.45, 2.75) is 51.3 Å². The molecule has 0 heterocycles. The first kappa shape index (κ1) is 19.2. The van der Waals surface area contributed by atoms with E-state index in [2.05, 4.69) is 21.2 Å². The van der Waals surface area contributed by atoms with Crippen molar-refractivity contribution < 1.29 is 13.9 Å². The Bertz CT molecular complexity index is 732.